The Labute approximate surface area is 168 Å². The molecule has 0 atom stereocenters. The third kappa shape index (κ3) is 4.75. The standard InChI is InChI=1S/C21H22ClFN4O/c1-4-27-19(25-21(26-27)16-5-6-17(22)18(23)10-16)11-20(28)24-12-15-8-13(2)7-14(3)9-15/h5-10H,4,11-12H2,1-3H3,(H,24,28). The summed E-state index contributed by atoms with van der Waals surface area (Å²) in [6.07, 6.45) is 0.0989. The van der Waals surface area contributed by atoms with E-state index in [9.17, 15) is 9.18 Å². The molecule has 0 aliphatic carbocycles. The molecule has 2 aromatic carbocycles. The minimum Gasteiger partial charge on any atom is -0.352 e. The van der Waals surface area contributed by atoms with E-state index in [4.69, 9.17) is 11.6 Å². The van der Waals surface area contributed by atoms with Crippen LogP contribution >= 0.6 is 11.6 Å². The smallest absolute Gasteiger partial charge is 0.227 e. The van der Waals surface area contributed by atoms with Crippen molar-refractivity contribution in [3.63, 3.8) is 0 Å². The quantitative estimate of drug-likeness (QED) is 0.673. The topological polar surface area (TPSA) is 59.8 Å². The number of carbonyl (C=O) groups is 1. The lowest BCUT2D eigenvalue weighted by Crippen LogP contribution is -2.26. The van der Waals surface area contributed by atoms with Crippen molar-refractivity contribution in [3.05, 3.63) is 69.8 Å². The van der Waals surface area contributed by atoms with E-state index in [-0.39, 0.29) is 17.4 Å². The summed E-state index contributed by atoms with van der Waals surface area (Å²) in [6.45, 7) is 6.99. The third-order valence-corrected chi connectivity index (χ3v) is 4.62. The van der Waals surface area contributed by atoms with Gasteiger partial charge in [0.25, 0.3) is 0 Å². The predicted molar refractivity (Wildman–Crippen MR) is 108 cm³/mol. The van der Waals surface area contributed by atoms with E-state index in [1.807, 2.05) is 20.8 Å². The molecule has 28 heavy (non-hydrogen) atoms. The molecule has 0 saturated heterocycles. The number of aromatic nitrogens is 3. The van der Waals surface area contributed by atoms with Gasteiger partial charge >= 0.3 is 0 Å². The Bertz CT molecular complexity index is 995. The van der Waals surface area contributed by atoms with Crippen LogP contribution in [0.15, 0.2) is 36.4 Å². The molecular weight excluding hydrogens is 379 g/mol. The molecule has 0 saturated carbocycles. The molecule has 0 spiro atoms. The first-order valence-electron chi connectivity index (χ1n) is 9.08. The van der Waals surface area contributed by atoms with Gasteiger partial charge in [0.2, 0.25) is 5.91 Å². The lowest BCUT2D eigenvalue weighted by atomic mass is 10.1. The molecule has 0 radical (unpaired) electrons. The molecule has 3 aromatic rings. The molecule has 1 aromatic heterocycles. The van der Waals surface area contributed by atoms with Crippen LogP contribution in [0, 0.1) is 19.7 Å². The van der Waals surface area contributed by atoms with Crippen molar-refractivity contribution in [2.45, 2.75) is 40.3 Å². The third-order valence-electron chi connectivity index (χ3n) is 4.32. The number of benzene rings is 2. The fraction of sp³-hybridized carbons (Fsp3) is 0.286. The summed E-state index contributed by atoms with van der Waals surface area (Å²) >= 11 is 5.73. The van der Waals surface area contributed by atoms with Gasteiger partial charge in [0.1, 0.15) is 11.6 Å². The average molecular weight is 401 g/mol. The van der Waals surface area contributed by atoms with E-state index >= 15 is 0 Å². The van der Waals surface area contributed by atoms with Crippen molar-refractivity contribution < 1.29 is 9.18 Å². The van der Waals surface area contributed by atoms with Crippen molar-refractivity contribution in [1.29, 1.82) is 0 Å². The van der Waals surface area contributed by atoms with E-state index < -0.39 is 5.82 Å². The molecule has 0 bridgehead atoms. The predicted octanol–water partition coefficient (Wildman–Crippen LogP) is 4.23. The monoisotopic (exact) mass is 400 g/mol. The van der Waals surface area contributed by atoms with Crippen LogP contribution in [0.5, 0.6) is 0 Å². The Kier molecular flexibility index (Phi) is 6.09. The molecule has 0 fully saturated rings. The Balaban J connectivity index is 1.71. The lowest BCUT2D eigenvalue weighted by Gasteiger charge is -2.07. The van der Waals surface area contributed by atoms with Crippen LogP contribution in [0.25, 0.3) is 11.4 Å². The molecule has 7 heteroatoms. The van der Waals surface area contributed by atoms with Gasteiger partial charge in [-0.2, -0.15) is 5.10 Å². The number of halogens is 2. The maximum Gasteiger partial charge on any atom is 0.227 e. The zero-order valence-electron chi connectivity index (χ0n) is 16.1. The summed E-state index contributed by atoms with van der Waals surface area (Å²) in [5.41, 5.74) is 3.90. The number of nitrogens with zero attached hydrogens (tertiary/aromatic N) is 3. The van der Waals surface area contributed by atoms with Crippen LogP contribution in [-0.2, 0) is 24.3 Å². The van der Waals surface area contributed by atoms with Crippen molar-refractivity contribution in [2.75, 3.05) is 0 Å². The van der Waals surface area contributed by atoms with Crippen LogP contribution in [0.4, 0.5) is 4.39 Å². The molecule has 5 nitrogen and oxygen atoms in total. The number of amides is 1. The maximum absolute atomic E-state index is 13.7. The molecule has 0 aliphatic rings. The first-order valence-corrected chi connectivity index (χ1v) is 9.46. The van der Waals surface area contributed by atoms with E-state index in [0.29, 0.717) is 30.3 Å². The van der Waals surface area contributed by atoms with E-state index in [1.165, 1.54) is 12.1 Å². The number of hydrogen-bond acceptors (Lipinski definition) is 3. The highest BCUT2D eigenvalue weighted by Crippen LogP contribution is 2.22. The van der Waals surface area contributed by atoms with E-state index in [1.54, 1.807) is 10.7 Å². The fourth-order valence-corrected chi connectivity index (χ4v) is 3.21. The van der Waals surface area contributed by atoms with Crippen LogP contribution in [-0.4, -0.2) is 20.7 Å². The lowest BCUT2D eigenvalue weighted by molar-refractivity contribution is -0.120. The summed E-state index contributed by atoms with van der Waals surface area (Å²) in [7, 11) is 0. The summed E-state index contributed by atoms with van der Waals surface area (Å²) in [4.78, 5) is 16.8. The van der Waals surface area contributed by atoms with Gasteiger partial charge in [0.15, 0.2) is 5.82 Å². The summed E-state index contributed by atoms with van der Waals surface area (Å²) in [6, 6.07) is 10.6. The van der Waals surface area contributed by atoms with Gasteiger partial charge in [-0.1, -0.05) is 40.9 Å². The van der Waals surface area contributed by atoms with Crippen LogP contribution in [0.2, 0.25) is 5.02 Å². The molecule has 0 aliphatic heterocycles. The van der Waals surface area contributed by atoms with Crippen molar-refractivity contribution in [1.82, 2.24) is 20.1 Å². The van der Waals surface area contributed by atoms with Crippen molar-refractivity contribution >= 4 is 17.5 Å². The summed E-state index contributed by atoms with van der Waals surface area (Å²) in [5.74, 6) is 0.232. The SMILES string of the molecule is CCn1nc(-c2ccc(Cl)c(F)c2)nc1CC(=O)NCc1cc(C)cc(C)c1. The highest BCUT2D eigenvalue weighted by Gasteiger charge is 2.15. The van der Waals surface area contributed by atoms with Gasteiger partial charge in [-0.25, -0.2) is 14.1 Å². The highest BCUT2D eigenvalue weighted by molar-refractivity contribution is 6.30. The molecular formula is C21H22ClFN4O. The Morgan fingerprint density at radius 1 is 1.18 bits per heavy atom. The van der Waals surface area contributed by atoms with Gasteiger partial charge < -0.3 is 5.32 Å². The second-order valence-corrected chi connectivity index (χ2v) is 7.15. The van der Waals surface area contributed by atoms with Gasteiger partial charge in [0, 0.05) is 18.7 Å². The number of hydrogen-bond donors (Lipinski definition) is 1. The maximum atomic E-state index is 13.7. The van der Waals surface area contributed by atoms with Gasteiger partial charge in [0.05, 0.1) is 11.4 Å². The van der Waals surface area contributed by atoms with Gasteiger partial charge in [-0.3, -0.25) is 4.79 Å². The minimum absolute atomic E-state index is 0.0460. The summed E-state index contributed by atoms with van der Waals surface area (Å²) in [5, 5.41) is 7.35. The number of carbonyl (C=O) groups excluding carboxylic acids is 1. The fourth-order valence-electron chi connectivity index (χ4n) is 3.09. The minimum atomic E-state index is -0.528. The zero-order chi connectivity index (χ0) is 20.3. The Morgan fingerprint density at radius 3 is 2.54 bits per heavy atom. The molecule has 146 valence electrons. The first-order chi connectivity index (χ1) is 13.4. The van der Waals surface area contributed by atoms with E-state index in [0.717, 1.165) is 16.7 Å². The highest BCUT2D eigenvalue weighted by atomic mass is 35.5. The van der Waals surface area contributed by atoms with E-state index in [2.05, 4.69) is 33.6 Å². The summed E-state index contributed by atoms with van der Waals surface area (Å²) < 4.78 is 15.4. The molecule has 3 rings (SSSR count). The Morgan fingerprint density at radius 2 is 1.89 bits per heavy atom. The largest absolute Gasteiger partial charge is 0.352 e. The van der Waals surface area contributed by atoms with Crippen LogP contribution in [0.3, 0.4) is 0 Å². The normalized spacial score (nSPS) is 10.9. The zero-order valence-corrected chi connectivity index (χ0v) is 16.8. The van der Waals surface area contributed by atoms with Crippen molar-refractivity contribution in [3.8, 4) is 11.4 Å². The van der Waals surface area contributed by atoms with Gasteiger partial charge in [-0.15, -0.1) is 0 Å². The van der Waals surface area contributed by atoms with Crippen LogP contribution in [0.1, 0.15) is 29.4 Å². The number of nitrogens with one attached hydrogen (secondary N) is 1. The number of aryl methyl sites for hydroxylation is 3. The Hall–Kier alpha value is -2.73. The molecule has 1 heterocycles. The van der Waals surface area contributed by atoms with Crippen LogP contribution < -0.4 is 5.32 Å². The first kappa shape index (κ1) is 20.0. The average Bonchev–Trinajstić information content (AvgIpc) is 3.04. The van der Waals surface area contributed by atoms with Crippen molar-refractivity contribution in [2.24, 2.45) is 0 Å². The number of rotatable bonds is 6. The second-order valence-electron chi connectivity index (χ2n) is 6.75. The molecule has 1 N–H and O–H groups in total. The molecule has 1 amide bonds. The molecule has 0 unspecified atom stereocenters. The second kappa shape index (κ2) is 8.52. The van der Waals surface area contributed by atoms with Gasteiger partial charge in [-0.05, 0) is 44.5 Å².